The summed E-state index contributed by atoms with van der Waals surface area (Å²) in [6, 6.07) is 7.93. The Morgan fingerprint density at radius 3 is 2.00 bits per heavy atom. The van der Waals surface area contributed by atoms with Gasteiger partial charge in [0.15, 0.2) is 23.0 Å². The molecule has 0 spiro atoms. The van der Waals surface area contributed by atoms with Crippen LogP contribution in [0.15, 0.2) is 42.5 Å². The van der Waals surface area contributed by atoms with Crippen LogP contribution in [0.2, 0.25) is 0 Å². The van der Waals surface area contributed by atoms with Crippen molar-refractivity contribution in [3.63, 3.8) is 0 Å². The third-order valence-electron chi connectivity index (χ3n) is 3.93. The Kier molecular flexibility index (Phi) is 7.87. The van der Waals surface area contributed by atoms with Crippen molar-refractivity contribution in [1.82, 2.24) is 0 Å². The average molecular weight is 414 g/mol. The molecule has 8 nitrogen and oxygen atoms in total. The second kappa shape index (κ2) is 10.6. The van der Waals surface area contributed by atoms with E-state index in [1.807, 2.05) is 0 Å². The minimum atomic E-state index is -0.566. The van der Waals surface area contributed by atoms with Crippen molar-refractivity contribution >= 4 is 24.1 Å². The van der Waals surface area contributed by atoms with Gasteiger partial charge in [0.2, 0.25) is 0 Å². The first-order valence-electron chi connectivity index (χ1n) is 8.70. The second-order valence-electron chi connectivity index (χ2n) is 5.79. The Bertz CT molecular complexity index is 975. The number of phenolic OH excluding ortho intramolecular Hbond substituents is 1. The highest BCUT2D eigenvalue weighted by Gasteiger charge is 2.14. The maximum Gasteiger partial charge on any atom is 0.330 e. The predicted octanol–water partition coefficient (Wildman–Crippen LogP) is 3.57. The number of rotatable bonds is 8. The minimum absolute atomic E-state index is 0.129. The molecule has 0 radical (unpaired) electrons. The fraction of sp³-hybridized carbons (Fsp3) is 0.182. The van der Waals surface area contributed by atoms with Gasteiger partial charge in [-0.05, 0) is 35.9 Å². The molecule has 0 atom stereocenters. The summed E-state index contributed by atoms with van der Waals surface area (Å²) in [4.78, 5) is 22.8. The van der Waals surface area contributed by atoms with Gasteiger partial charge in [-0.25, -0.2) is 9.59 Å². The van der Waals surface area contributed by atoms with Crippen LogP contribution in [0.3, 0.4) is 0 Å². The molecule has 0 fully saturated rings. The van der Waals surface area contributed by atoms with E-state index in [0.717, 1.165) is 0 Å². The quantitative estimate of drug-likeness (QED) is 0.517. The van der Waals surface area contributed by atoms with Gasteiger partial charge in [-0.3, -0.25) is 0 Å². The largest absolute Gasteiger partial charge is 0.504 e. The number of hydrogen-bond acceptors (Lipinski definition) is 8. The van der Waals surface area contributed by atoms with Crippen LogP contribution >= 0.6 is 0 Å². The molecule has 8 heteroatoms. The number of carbonyl (C=O) groups excluding carboxylic acids is 2. The zero-order valence-electron chi connectivity index (χ0n) is 17.0. The highest BCUT2D eigenvalue weighted by molar-refractivity contribution is 5.88. The summed E-state index contributed by atoms with van der Waals surface area (Å²) >= 11 is 0. The Balaban J connectivity index is 2.48. The van der Waals surface area contributed by atoms with Crippen molar-refractivity contribution in [3.05, 3.63) is 53.6 Å². The monoisotopic (exact) mass is 414 g/mol. The van der Waals surface area contributed by atoms with Crippen molar-refractivity contribution < 1.29 is 38.4 Å². The number of ether oxygens (including phenoxy) is 5. The van der Waals surface area contributed by atoms with E-state index in [9.17, 15) is 14.7 Å². The van der Waals surface area contributed by atoms with Gasteiger partial charge in [-0.1, -0.05) is 6.07 Å². The zero-order chi connectivity index (χ0) is 22.1. The molecule has 158 valence electrons. The Hall–Kier alpha value is -3.94. The number of aromatic hydroxyl groups is 1. The molecule has 0 saturated heterocycles. The van der Waals surface area contributed by atoms with E-state index in [2.05, 4.69) is 9.47 Å². The molecule has 0 amide bonds. The first-order valence-corrected chi connectivity index (χ1v) is 8.70. The van der Waals surface area contributed by atoms with Crippen molar-refractivity contribution in [2.75, 3.05) is 28.4 Å². The van der Waals surface area contributed by atoms with Gasteiger partial charge in [0, 0.05) is 23.8 Å². The number of esters is 2. The van der Waals surface area contributed by atoms with Gasteiger partial charge in [0.1, 0.15) is 5.75 Å². The lowest BCUT2D eigenvalue weighted by molar-refractivity contribution is -0.135. The van der Waals surface area contributed by atoms with Crippen LogP contribution in [-0.4, -0.2) is 45.5 Å². The molecule has 0 saturated carbocycles. The van der Waals surface area contributed by atoms with Crippen LogP contribution in [0.1, 0.15) is 11.1 Å². The summed E-state index contributed by atoms with van der Waals surface area (Å²) < 4.78 is 25.7. The third-order valence-corrected chi connectivity index (χ3v) is 3.93. The molecule has 0 aliphatic carbocycles. The number of phenols is 1. The van der Waals surface area contributed by atoms with E-state index in [4.69, 9.17) is 14.2 Å². The molecule has 1 N–H and O–H groups in total. The van der Waals surface area contributed by atoms with E-state index < -0.39 is 11.9 Å². The minimum Gasteiger partial charge on any atom is -0.504 e. The number of methoxy groups -OCH3 is 4. The molecule has 0 unspecified atom stereocenters. The van der Waals surface area contributed by atoms with Crippen LogP contribution in [0, 0.1) is 0 Å². The smallest absolute Gasteiger partial charge is 0.330 e. The standard InChI is InChI=1S/C22H22O8/c1-26-17-8-5-14(6-9-21(24)28-3)11-20(17)30-18-13-19(27-2)16(23)12-15(18)7-10-22(25)29-4/h5-13,23H,1-4H3/b9-6+,10-7+. The number of benzene rings is 2. The average Bonchev–Trinajstić information content (AvgIpc) is 2.76. The lowest BCUT2D eigenvalue weighted by Gasteiger charge is -2.15. The Morgan fingerprint density at radius 2 is 1.40 bits per heavy atom. The van der Waals surface area contributed by atoms with E-state index in [-0.39, 0.29) is 17.2 Å². The number of hydrogen-bond donors (Lipinski definition) is 1. The maximum absolute atomic E-state index is 11.5. The molecule has 0 bridgehead atoms. The van der Waals surface area contributed by atoms with Crippen molar-refractivity contribution in [1.29, 1.82) is 0 Å². The lowest BCUT2D eigenvalue weighted by Crippen LogP contribution is -1.96. The van der Waals surface area contributed by atoms with Crippen LogP contribution in [0.4, 0.5) is 0 Å². The van der Waals surface area contributed by atoms with Crippen molar-refractivity contribution in [2.45, 2.75) is 0 Å². The SMILES string of the molecule is COC(=O)/C=C/c1ccc(OC)c(Oc2cc(OC)c(O)cc2/C=C/C(=O)OC)c1. The van der Waals surface area contributed by atoms with E-state index in [1.165, 1.54) is 58.8 Å². The van der Waals surface area contributed by atoms with Gasteiger partial charge < -0.3 is 28.8 Å². The van der Waals surface area contributed by atoms with Gasteiger partial charge >= 0.3 is 11.9 Å². The zero-order valence-corrected chi connectivity index (χ0v) is 17.0. The Morgan fingerprint density at radius 1 is 0.767 bits per heavy atom. The van der Waals surface area contributed by atoms with E-state index >= 15 is 0 Å². The van der Waals surface area contributed by atoms with E-state index in [0.29, 0.717) is 22.6 Å². The van der Waals surface area contributed by atoms with Crippen molar-refractivity contribution in [3.8, 4) is 28.7 Å². The van der Waals surface area contributed by atoms with Gasteiger partial charge in [0.25, 0.3) is 0 Å². The molecular weight excluding hydrogens is 392 g/mol. The summed E-state index contributed by atoms with van der Waals surface area (Å²) in [5.41, 5.74) is 1.06. The normalized spacial score (nSPS) is 10.8. The first-order chi connectivity index (χ1) is 14.4. The van der Waals surface area contributed by atoms with Gasteiger partial charge in [0.05, 0.1) is 28.4 Å². The fourth-order valence-electron chi connectivity index (χ4n) is 2.40. The maximum atomic E-state index is 11.5. The highest BCUT2D eigenvalue weighted by Crippen LogP contribution is 2.39. The number of carbonyl (C=O) groups is 2. The summed E-state index contributed by atoms with van der Waals surface area (Å²) in [6.07, 6.45) is 5.47. The predicted molar refractivity (Wildman–Crippen MR) is 110 cm³/mol. The molecule has 0 heterocycles. The lowest BCUT2D eigenvalue weighted by atomic mass is 10.1. The van der Waals surface area contributed by atoms with Crippen molar-refractivity contribution in [2.24, 2.45) is 0 Å². The van der Waals surface area contributed by atoms with Gasteiger partial charge in [-0.15, -0.1) is 0 Å². The fourth-order valence-corrected chi connectivity index (χ4v) is 2.40. The molecule has 0 aliphatic heterocycles. The summed E-state index contributed by atoms with van der Waals surface area (Å²) in [5.74, 6) is 0.0509. The second-order valence-corrected chi connectivity index (χ2v) is 5.79. The van der Waals surface area contributed by atoms with Gasteiger partial charge in [-0.2, -0.15) is 0 Å². The van der Waals surface area contributed by atoms with Crippen LogP contribution in [0.25, 0.3) is 12.2 Å². The molecule has 2 aromatic carbocycles. The summed E-state index contributed by atoms with van der Waals surface area (Å²) in [5, 5.41) is 10.1. The van der Waals surface area contributed by atoms with Crippen LogP contribution < -0.4 is 14.2 Å². The van der Waals surface area contributed by atoms with Crippen LogP contribution in [0.5, 0.6) is 28.7 Å². The molecule has 30 heavy (non-hydrogen) atoms. The summed E-state index contributed by atoms with van der Waals surface area (Å²) in [6.45, 7) is 0. The molecule has 2 aromatic rings. The highest BCUT2D eigenvalue weighted by atomic mass is 16.5. The van der Waals surface area contributed by atoms with Crippen LogP contribution in [-0.2, 0) is 19.1 Å². The first kappa shape index (κ1) is 22.4. The third kappa shape index (κ3) is 5.78. The molecule has 0 aliphatic rings. The summed E-state index contributed by atoms with van der Waals surface area (Å²) in [7, 11) is 5.44. The molecule has 2 rings (SSSR count). The molecule has 0 aromatic heterocycles. The topological polar surface area (TPSA) is 101 Å². The van der Waals surface area contributed by atoms with E-state index in [1.54, 1.807) is 24.3 Å². The molecular formula is C22H22O8. The Labute approximate surface area is 173 Å².